The van der Waals surface area contributed by atoms with Crippen LogP contribution in [0.25, 0.3) is 11.1 Å². The highest BCUT2D eigenvalue weighted by molar-refractivity contribution is 5.76. The second kappa shape index (κ2) is 7.91. The zero-order chi connectivity index (χ0) is 15.1. The Morgan fingerprint density at radius 3 is 2.43 bits per heavy atom. The van der Waals surface area contributed by atoms with Crippen LogP contribution in [-0.2, 0) is 6.54 Å². The molecule has 2 rings (SSSR count). The van der Waals surface area contributed by atoms with Crippen molar-refractivity contribution in [2.45, 2.75) is 64.8 Å². The minimum Gasteiger partial charge on any atom is -0.408 e. The number of oxazole rings is 1. The van der Waals surface area contributed by atoms with Crippen LogP contribution in [0.5, 0.6) is 0 Å². The molecule has 0 unspecified atom stereocenters. The molecule has 2 aromatic rings. The predicted octanol–water partition coefficient (Wildman–Crippen LogP) is 4.32. The van der Waals surface area contributed by atoms with Crippen molar-refractivity contribution in [2.24, 2.45) is 0 Å². The Morgan fingerprint density at radius 1 is 1.05 bits per heavy atom. The topological polar surface area (TPSA) is 61.2 Å². The first-order chi connectivity index (χ1) is 10.2. The standard InChI is InChI=1S/C17H26N2O2/c1-2-3-4-5-6-7-8-9-12-19-15-11-10-14(18)13-16(15)21-17(19)20/h10-11,13H,2-9,12,18H2,1H3. The average Bonchev–Trinajstić information content (AvgIpc) is 2.76. The molecule has 4 heteroatoms. The van der Waals surface area contributed by atoms with Gasteiger partial charge in [-0.25, -0.2) is 4.79 Å². The van der Waals surface area contributed by atoms with E-state index in [-0.39, 0.29) is 5.76 Å². The lowest BCUT2D eigenvalue weighted by Crippen LogP contribution is -2.14. The van der Waals surface area contributed by atoms with Gasteiger partial charge >= 0.3 is 5.76 Å². The molecule has 0 bridgehead atoms. The number of nitrogen functional groups attached to an aromatic ring is 1. The van der Waals surface area contributed by atoms with Gasteiger partial charge in [0.05, 0.1) is 5.52 Å². The highest BCUT2D eigenvalue weighted by atomic mass is 16.4. The largest absolute Gasteiger partial charge is 0.419 e. The van der Waals surface area contributed by atoms with Crippen LogP contribution in [0.1, 0.15) is 58.3 Å². The maximum absolute atomic E-state index is 11.8. The summed E-state index contributed by atoms with van der Waals surface area (Å²) in [6.45, 7) is 2.96. The van der Waals surface area contributed by atoms with Crippen molar-refractivity contribution in [3.8, 4) is 0 Å². The molecule has 0 fully saturated rings. The van der Waals surface area contributed by atoms with E-state index in [1.54, 1.807) is 10.6 Å². The number of anilines is 1. The molecule has 4 nitrogen and oxygen atoms in total. The van der Waals surface area contributed by atoms with Gasteiger partial charge in [0, 0.05) is 18.3 Å². The van der Waals surface area contributed by atoms with Crippen molar-refractivity contribution >= 4 is 16.8 Å². The zero-order valence-electron chi connectivity index (χ0n) is 12.9. The van der Waals surface area contributed by atoms with E-state index in [0.29, 0.717) is 11.3 Å². The highest BCUT2D eigenvalue weighted by Crippen LogP contribution is 2.17. The third-order valence-corrected chi connectivity index (χ3v) is 3.93. The monoisotopic (exact) mass is 290 g/mol. The number of unbranched alkanes of at least 4 members (excludes halogenated alkanes) is 7. The Labute approximate surface area is 125 Å². The van der Waals surface area contributed by atoms with Gasteiger partial charge in [0.2, 0.25) is 0 Å². The minimum atomic E-state index is -0.279. The fourth-order valence-electron chi connectivity index (χ4n) is 2.70. The summed E-state index contributed by atoms with van der Waals surface area (Å²) in [6, 6.07) is 5.38. The Hall–Kier alpha value is -1.71. The normalized spacial score (nSPS) is 11.3. The van der Waals surface area contributed by atoms with Gasteiger partial charge < -0.3 is 10.2 Å². The van der Waals surface area contributed by atoms with E-state index in [9.17, 15) is 4.79 Å². The fourth-order valence-corrected chi connectivity index (χ4v) is 2.70. The number of fused-ring (bicyclic) bond motifs is 1. The van der Waals surface area contributed by atoms with Gasteiger partial charge in [-0.15, -0.1) is 0 Å². The van der Waals surface area contributed by atoms with Gasteiger partial charge in [0.15, 0.2) is 5.58 Å². The molecule has 2 N–H and O–H groups in total. The van der Waals surface area contributed by atoms with E-state index in [1.165, 1.54) is 44.9 Å². The number of aromatic nitrogens is 1. The predicted molar refractivity (Wildman–Crippen MR) is 87.5 cm³/mol. The molecular formula is C17H26N2O2. The first-order valence-corrected chi connectivity index (χ1v) is 8.11. The number of hydrogen-bond donors (Lipinski definition) is 1. The maximum atomic E-state index is 11.8. The van der Waals surface area contributed by atoms with Gasteiger partial charge in [-0.05, 0) is 18.6 Å². The summed E-state index contributed by atoms with van der Waals surface area (Å²) in [6.07, 6.45) is 10.1. The third-order valence-electron chi connectivity index (χ3n) is 3.93. The quantitative estimate of drug-likeness (QED) is 0.552. The van der Waals surface area contributed by atoms with Crippen molar-refractivity contribution in [3.63, 3.8) is 0 Å². The van der Waals surface area contributed by atoms with E-state index < -0.39 is 0 Å². The zero-order valence-corrected chi connectivity index (χ0v) is 12.9. The molecule has 0 aliphatic rings. The molecule has 0 saturated carbocycles. The molecule has 0 radical (unpaired) electrons. The van der Waals surface area contributed by atoms with Crippen LogP contribution in [0, 0.1) is 0 Å². The van der Waals surface area contributed by atoms with Crippen molar-refractivity contribution in [1.82, 2.24) is 4.57 Å². The lowest BCUT2D eigenvalue weighted by atomic mass is 10.1. The van der Waals surface area contributed by atoms with Gasteiger partial charge in [-0.1, -0.05) is 51.9 Å². The summed E-state index contributed by atoms with van der Waals surface area (Å²) < 4.78 is 6.94. The number of rotatable bonds is 9. The molecule has 0 aliphatic carbocycles. The molecule has 0 atom stereocenters. The molecular weight excluding hydrogens is 264 g/mol. The summed E-state index contributed by atoms with van der Waals surface area (Å²) >= 11 is 0. The molecule has 0 spiro atoms. The van der Waals surface area contributed by atoms with E-state index in [4.69, 9.17) is 10.2 Å². The second-order valence-electron chi connectivity index (χ2n) is 5.72. The lowest BCUT2D eigenvalue weighted by Gasteiger charge is -2.03. The second-order valence-corrected chi connectivity index (χ2v) is 5.72. The summed E-state index contributed by atoms with van der Waals surface area (Å²) in [5, 5.41) is 0. The highest BCUT2D eigenvalue weighted by Gasteiger charge is 2.08. The number of benzene rings is 1. The molecule has 116 valence electrons. The van der Waals surface area contributed by atoms with Crippen LogP contribution in [0.3, 0.4) is 0 Å². The summed E-state index contributed by atoms with van der Waals surface area (Å²) in [5.41, 5.74) is 7.75. The Bertz CT molecular complexity index is 613. The third kappa shape index (κ3) is 4.38. The van der Waals surface area contributed by atoms with Gasteiger partial charge in [0.25, 0.3) is 0 Å². The SMILES string of the molecule is CCCCCCCCCCn1c(=O)oc2cc(N)ccc21. The molecule has 21 heavy (non-hydrogen) atoms. The van der Waals surface area contributed by atoms with Crippen molar-refractivity contribution in [2.75, 3.05) is 5.73 Å². The van der Waals surface area contributed by atoms with Crippen LogP contribution in [-0.4, -0.2) is 4.57 Å². The van der Waals surface area contributed by atoms with Gasteiger partial charge in [0.1, 0.15) is 0 Å². The summed E-state index contributed by atoms with van der Waals surface area (Å²) in [7, 11) is 0. The molecule has 1 aromatic heterocycles. The van der Waals surface area contributed by atoms with Crippen LogP contribution >= 0.6 is 0 Å². The first kappa shape index (κ1) is 15.7. The summed E-state index contributed by atoms with van der Waals surface area (Å²) in [4.78, 5) is 11.8. The molecule has 0 amide bonds. The number of hydrogen-bond acceptors (Lipinski definition) is 3. The summed E-state index contributed by atoms with van der Waals surface area (Å²) in [5.74, 6) is -0.279. The lowest BCUT2D eigenvalue weighted by molar-refractivity contribution is 0.484. The molecule has 1 aromatic carbocycles. The van der Waals surface area contributed by atoms with Crippen molar-refractivity contribution in [1.29, 1.82) is 0 Å². The van der Waals surface area contributed by atoms with E-state index in [0.717, 1.165) is 18.5 Å². The minimum absolute atomic E-state index is 0.279. The van der Waals surface area contributed by atoms with E-state index in [1.807, 2.05) is 12.1 Å². The number of nitrogens with zero attached hydrogens (tertiary/aromatic N) is 1. The van der Waals surface area contributed by atoms with Crippen molar-refractivity contribution in [3.05, 3.63) is 28.7 Å². The molecule has 0 aliphatic heterocycles. The van der Waals surface area contributed by atoms with Gasteiger partial charge in [-0.3, -0.25) is 4.57 Å². The van der Waals surface area contributed by atoms with E-state index >= 15 is 0 Å². The Balaban J connectivity index is 1.79. The molecule has 0 saturated heterocycles. The van der Waals surface area contributed by atoms with Crippen LogP contribution in [0.4, 0.5) is 5.69 Å². The van der Waals surface area contributed by atoms with Crippen LogP contribution < -0.4 is 11.5 Å². The van der Waals surface area contributed by atoms with Crippen LogP contribution in [0.2, 0.25) is 0 Å². The van der Waals surface area contributed by atoms with Crippen molar-refractivity contribution < 1.29 is 4.42 Å². The average molecular weight is 290 g/mol. The van der Waals surface area contributed by atoms with Crippen LogP contribution in [0.15, 0.2) is 27.4 Å². The Kier molecular flexibility index (Phi) is 5.90. The fraction of sp³-hybridized carbons (Fsp3) is 0.588. The number of nitrogens with two attached hydrogens (primary N) is 1. The Morgan fingerprint density at radius 2 is 1.71 bits per heavy atom. The number of aryl methyl sites for hydroxylation is 1. The van der Waals surface area contributed by atoms with E-state index in [2.05, 4.69) is 6.92 Å². The smallest absolute Gasteiger partial charge is 0.408 e. The molecule has 1 heterocycles. The first-order valence-electron chi connectivity index (χ1n) is 8.11. The van der Waals surface area contributed by atoms with Gasteiger partial charge in [-0.2, -0.15) is 0 Å². The maximum Gasteiger partial charge on any atom is 0.419 e.